The molecule has 0 radical (unpaired) electrons. The lowest BCUT2D eigenvalue weighted by Crippen LogP contribution is -2.42. The van der Waals surface area contributed by atoms with Crippen molar-refractivity contribution in [2.45, 2.75) is 50.5 Å². The molecule has 0 spiro atoms. The summed E-state index contributed by atoms with van der Waals surface area (Å²) in [5.74, 6) is 0. The van der Waals surface area contributed by atoms with Crippen LogP contribution in [0.15, 0.2) is 0 Å². The first-order valence-corrected chi connectivity index (χ1v) is 7.68. The van der Waals surface area contributed by atoms with Gasteiger partial charge in [0, 0.05) is 26.9 Å². The fraction of sp³-hybridized carbons (Fsp3) is 1.00. The van der Waals surface area contributed by atoms with E-state index in [4.69, 9.17) is 14.2 Å². The van der Waals surface area contributed by atoms with Gasteiger partial charge in [-0.2, -0.15) is 0 Å². The Labute approximate surface area is 118 Å². The van der Waals surface area contributed by atoms with E-state index in [0.29, 0.717) is 13.2 Å². The molecule has 1 aliphatic rings. The maximum absolute atomic E-state index is 6.18. The Morgan fingerprint density at radius 3 is 2.32 bits per heavy atom. The summed E-state index contributed by atoms with van der Waals surface area (Å²) in [4.78, 5) is 0. The van der Waals surface area contributed by atoms with E-state index in [1.807, 2.05) is 7.05 Å². The molecular weight excluding hydrogens is 242 g/mol. The summed E-state index contributed by atoms with van der Waals surface area (Å²) in [7, 11) is 3.73. The lowest BCUT2D eigenvalue weighted by molar-refractivity contribution is -0.0750. The molecule has 0 aromatic heterocycles. The van der Waals surface area contributed by atoms with Crippen LogP contribution in [0, 0.1) is 0 Å². The highest BCUT2D eigenvalue weighted by molar-refractivity contribution is 4.85. The summed E-state index contributed by atoms with van der Waals surface area (Å²) in [6.45, 7) is 3.88. The second-order valence-electron chi connectivity index (χ2n) is 5.43. The summed E-state index contributed by atoms with van der Waals surface area (Å²) >= 11 is 0. The SMILES string of the molecule is CNCC1(OCCOCCCOC)CCCCCC1. The van der Waals surface area contributed by atoms with Gasteiger partial charge >= 0.3 is 0 Å². The Balaban J connectivity index is 2.17. The Hall–Kier alpha value is -0.160. The van der Waals surface area contributed by atoms with Crippen LogP contribution in [0.5, 0.6) is 0 Å². The van der Waals surface area contributed by atoms with E-state index in [0.717, 1.165) is 26.2 Å². The van der Waals surface area contributed by atoms with Crippen LogP contribution in [-0.2, 0) is 14.2 Å². The van der Waals surface area contributed by atoms with Gasteiger partial charge in [0.2, 0.25) is 0 Å². The lowest BCUT2D eigenvalue weighted by Gasteiger charge is -2.33. The molecular formula is C15H31NO3. The average Bonchev–Trinajstić information content (AvgIpc) is 2.64. The zero-order valence-electron chi connectivity index (χ0n) is 12.7. The highest BCUT2D eigenvalue weighted by Gasteiger charge is 2.30. The molecule has 1 saturated carbocycles. The van der Waals surface area contributed by atoms with E-state index < -0.39 is 0 Å². The predicted octanol–water partition coefficient (Wildman–Crippen LogP) is 2.37. The molecule has 1 fully saturated rings. The molecule has 0 aromatic rings. The third-order valence-corrected chi connectivity index (χ3v) is 3.79. The van der Waals surface area contributed by atoms with Crippen LogP contribution in [0.25, 0.3) is 0 Å². The van der Waals surface area contributed by atoms with E-state index in [1.165, 1.54) is 38.5 Å². The maximum atomic E-state index is 6.18. The Kier molecular flexibility index (Phi) is 9.43. The number of methoxy groups -OCH3 is 1. The third kappa shape index (κ3) is 7.25. The van der Waals surface area contributed by atoms with Crippen molar-refractivity contribution in [3.8, 4) is 0 Å². The number of rotatable bonds is 10. The van der Waals surface area contributed by atoms with Gasteiger partial charge in [-0.1, -0.05) is 25.7 Å². The van der Waals surface area contributed by atoms with Gasteiger partial charge in [-0.05, 0) is 26.3 Å². The molecule has 4 nitrogen and oxygen atoms in total. The normalized spacial score (nSPS) is 19.3. The predicted molar refractivity (Wildman–Crippen MR) is 77.6 cm³/mol. The second-order valence-corrected chi connectivity index (χ2v) is 5.43. The van der Waals surface area contributed by atoms with Crippen molar-refractivity contribution in [1.29, 1.82) is 0 Å². The molecule has 0 atom stereocenters. The lowest BCUT2D eigenvalue weighted by atomic mass is 9.94. The molecule has 0 amide bonds. The number of likely N-dealkylation sites (N-methyl/N-ethyl adjacent to an activating group) is 1. The van der Waals surface area contributed by atoms with Gasteiger partial charge in [0.1, 0.15) is 0 Å². The van der Waals surface area contributed by atoms with E-state index in [9.17, 15) is 0 Å². The van der Waals surface area contributed by atoms with Gasteiger partial charge < -0.3 is 19.5 Å². The van der Waals surface area contributed by atoms with Crippen LogP contribution in [0.4, 0.5) is 0 Å². The summed E-state index contributed by atoms with van der Waals surface area (Å²) < 4.78 is 16.7. The van der Waals surface area contributed by atoms with E-state index >= 15 is 0 Å². The van der Waals surface area contributed by atoms with Crippen molar-refractivity contribution >= 4 is 0 Å². The number of nitrogens with one attached hydrogen (secondary N) is 1. The standard InChI is InChI=1S/C15H31NO3/c1-16-14-15(8-5-3-4-6-9-15)19-13-12-18-11-7-10-17-2/h16H,3-14H2,1-2H3. The smallest absolute Gasteiger partial charge is 0.0807 e. The van der Waals surface area contributed by atoms with Crippen molar-refractivity contribution in [3.05, 3.63) is 0 Å². The molecule has 0 heterocycles. The monoisotopic (exact) mass is 273 g/mol. The molecule has 1 rings (SSSR count). The molecule has 0 unspecified atom stereocenters. The largest absolute Gasteiger partial charge is 0.385 e. The number of hydrogen-bond donors (Lipinski definition) is 1. The summed E-state index contributed by atoms with van der Waals surface area (Å²) in [5.41, 5.74) is 0.0428. The first-order valence-electron chi connectivity index (χ1n) is 7.68. The van der Waals surface area contributed by atoms with E-state index in [2.05, 4.69) is 5.32 Å². The Morgan fingerprint density at radius 2 is 1.68 bits per heavy atom. The number of hydrogen-bond acceptors (Lipinski definition) is 4. The van der Waals surface area contributed by atoms with Gasteiger partial charge in [-0.25, -0.2) is 0 Å². The molecule has 114 valence electrons. The van der Waals surface area contributed by atoms with Gasteiger partial charge in [-0.15, -0.1) is 0 Å². The van der Waals surface area contributed by atoms with Gasteiger partial charge in [-0.3, -0.25) is 0 Å². The zero-order valence-corrected chi connectivity index (χ0v) is 12.7. The molecule has 1 aliphatic carbocycles. The molecule has 4 heteroatoms. The first-order chi connectivity index (χ1) is 9.33. The molecule has 0 aliphatic heterocycles. The van der Waals surface area contributed by atoms with Crippen LogP contribution in [-0.4, -0.2) is 52.7 Å². The summed E-state index contributed by atoms with van der Waals surface area (Å²) in [6, 6.07) is 0. The second kappa shape index (κ2) is 10.6. The maximum Gasteiger partial charge on any atom is 0.0807 e. The fourth-order valence-corrected chi connectivity index (χ4v) is 2.79. The van der Waals surface area contributed by atoms with Crippen molar-refractivity contribution < 1.29 is 14.2 Å². The van der Waals surface area contributed by atoms with Crippen LogP contribution in [0.2, 0.25) is 0 Å². The Bertz CT molecular complexity index is 204. The minimum atomic E-state index is 0.0428. The molecule has 0 bridgehead atoms. The summed E-state index contributed by atoms with van der Waals surface area (Å²) in [6.07, 6.45) is 8.59. The zero-order chi connectivity index (χ0) is 13.8. The van der Waals surface area contributed by atoms with Gasteiger partial charge in [0.05, 0.1) is 18.8 Å². The molecule has 19 heavy (non-hydrogen) atoms. The van der Waals surface area contributed by atoms with Crippen molar-refractivity contribution in [2.24, 2.45) is 0 Å². The molecule has 0 saturated heterocycles. The minimum absolute atomic E-state index is 0.0428. The van der Waals surface area contributed by atoms with Crippen LogP contribution < -0.4 is 5.32 Å². The van der Waals surface area contributed by atoms with Crippen LogP contribution >= 0.6 is 0 Å². The van der Waals surface area contributed by atoms with E-state index in [1.54, 1.807) is 7.11 Å². The topological polar surface area (TPSA) is 39.7 Å². The summed E-state index contributed by atoms with van der Waals surface area (Å²) in [5, 5.41) is 3.29. The van der Waals surface area contributed by atoms with Crippen LogP contribution in [0.3, 0.4) is 0 Å². The minimum Gasteiger partial charge on any atom is -0.385 e. The average molecular weight is 273 g/mol. The molecule has 1 N–H and O–H groups in total. The van der Waals surface area contributed by atoms with Crippen molar-refractivity contribution in [2.75, 3.05) is 47.1 Å². The first kappa shape index (κ1) is 16.9. The van der Waals surface area contributed by atoms with E-state index in [-0.39, 0.29) is 5.60 Å². The Morgan fingerprint density at radius 1 is 0.947 bits per heavy atom. The fourth-order valence-electron chi connectivity index (χ4n) is 2.79. The van der Waals surface area contributed by atoms with Crippen LogP contribution in [0.1, 0.15) is 44.9 Å². The van der Waals surface area contributed by atoms with Crippen molar-refractivity contribution in [1.82, 2.24) is 5.32 Å². The van der Waals surface area contributed by atoms with Gasteiger partial charge in [0.25, 0.3) is 0 Å². The highest BCUT2D eigenvalue weighted by atomic mass is 16.5. The number of ether oxygens (including phenoxy) is 3. The third-order valence-electron chi connectivity index (χ3n) is 3.79. The quantitative estimate of drug-likeness (QED) is 0.490. The van der Waals surface area contributed by atoms with Crippen molar-refractivity contribution in [3.63, 3.8) is 0 Å². The highest BCUT2D eigenvalue weighted by Crippen LogP contribution is 2.29. The van der Waals surface area contributed by atoms with Gasteiger partial charge in [0.15, 0.2) is 0 Å². The molecule has 0 aromatic carbocycles.